The van der Waals surface area contributed by atoms with Crippen molar-refractivity contribution in [2.45, 2.75) is 59.2 Å². The highest BCUT2D eigenvalue weighted by Crippen LogP contribution is 2.28. The van der Waals surface area contributed by atoms with Gasteiger partial charge >= 0.3 is 0 Å². The summed E-state index contributed by atoms with van der Waals surface area (Å²) in [5, 5.41) is 19.1. The third kappa shape index (κ3) is 3.11. The minimum absolute atomic E-state index is 0.380. The van der Waals surface area contributed by atoms with Crippen LogP contribution in [0.3, 0.4) is 0 Å². The third-order valence-corrected chi connectivity index (χ3v) is 2.77. The van der Waals surface area contributed by atoms with Gasteiger partial charge in [0.1, 0.15) is 0 Å². The fourth-order valence-electron chi connectivity index (χ4n) is 1.05. The van der Waals surface area contributed by atoms with Crippen molar-refractivity contribution in [1.82, 2.24) is 0 Å². The molecule has 0 radical (unpaired) electrons. The van der Waals surface area contributed by atoms with Gasteiger partial charge < -0.3 is 10.2 Å². The Morgan fingerprint density at radius 2 is 1.75 bits per heavy atom. The molecule has 0 aromatic carbocycles. The first-order chi connectivity index (χ1) is 5.42. The number of aliphatic hydroxyl groups is 2. The van der Waals surface area contributed by atoms with Crippen molar-refractivity contribution >= 4 is 0 Å². The van der Waals surface area contributed by atoms with Crippen molar-refractivity contribution in [3.05, 3.63) is 0 Å². The molecular formula is C10H22O2. The predicted octanol–water partition coefficient (Wildman–Crippen LogP) is 1.94. The van der Waals surface area contributed by atoms with E-state index in [1.807, 2.05) is 13.8 Å². The lowest BCUT2D eigenvalue weighted by Crippen LogP contribution is -2.38. The van der Waals surface area contributed by atoms with E-state index < -0.39 is 12.2 Å². The summed E-state index contributed by atoms with van der Waals surface area (Å²) in [5.41, 5.74) is -0.380. The van der Waals surface area contributed by atoms with Crippen molar-refractivity contribution in [1.29, 1.82) is 0 Å². The van der Waals surface area contributed by atoms with Gasteiger partial charge in [0.25, 0.3) is 0 Å². The van der Waals surface area contributed by atoms with Gasteiger partial charge in [-0.25, -0.2) is 0 Å². The molecule has 0 heterocycles. The Kier molecular flexibility index (Phi) is 4.80. The first-order valence-corrected chi connectivity index (χ1v) is 4.79. The number of hydrogen-bond acceptors (Lipinski definition) is 2. The van der Waals surface area contributed by atoms with Crippen molar-refractivity contribution in [2.24, 2.45) is 5.41 Å². The molecule has 0 amide bonds. The molecule has 0 aliphatic heterocycles. The van der Waals surface area contributed by atoms with Gasteiger partial charge in [-0.15, -0.1) is 0 Å². The second kappa shape index (κ2) is 4.83. The Morgan fingerprint density at radius 3 is 2.08 bits per heavy atom. The van der Waals surface area contributed by atoms with Gasteiger partial charge in [-0.05, 0) is 13.3 Å². The van der Waals surface area contributed by atoms with Crippen LogP contribution in [0.4, 0.5) is 0 Å². The minimum Gasteiger partial charge on any atom is -0.393 e. The molecular weight excluding hydrogens is 152 g/mol. The SMILES string of the molecule is CCCCC(O)C(C)(C)C(C)O. The summed E-state index contributed by atoms with van der Waals surface area (Å²) >= 11 is 0. The van der Waals surface area contributed by atoms with Gasteiger partial charge in [0.05, 0.1) is 12.2 Å². The maximum Gasteiger partial charge on any atom is 0.0615 e. The lowest BCUT2D eigenvalue weighted by Gasteiger charge is -2.33. The van der Waals surface area contributed by atoms with E-state index in [1.54, 1.807) is 6.92 Å². The molecule has 2 atom stereocenters. The van der Waals surface area contributed by atoms with E-state index in [9.17, 15) is 10.2 Å². The van der Waals surface area contributed by atoms with E-state index in [1.165, 1.54) is 0 Å². The lowest BCUT2D eigenvalue weighted by molar-refractivity contribution is -0.0427. The Bertz CT molecular complexity index is 119. The highest BCUT2D eigenvalue weighted by molar-refractivity contribution is 4.82. The van der Waals surface area contributed by atoms with E-state index in [4.69, 9.17) is 0 Å². The third-order valence-electron chi connectivity index (χ3n) is 2.77. The molecule has 0 spiro atoms. The molecule has 2 N–H and O–H groups in total. The molecule has 2 heteroatoms. The zero-order valence-corrected chi connectivity index (χ0v) is 8.67. The van der Waals surface area contributed by atoms with Crippen LogP contribution in [0.1, 0.15) is 47.0 Å². The molecule has 0 rings (SSSR count). The molecule has 0 saturated heterocycles. The van der Waals surface area contributed by atoms with Gasteiger partial charge in [-0.2, -0.15) is 0 Å². The predicted molar refractivity (Wildman–Crippen MR) is 51.0 cm³/mol. The average Bonchev–Trinajstić information content (AvgIpc) is 1.99. The molecule has 0 aromatic rings. The molecule has 0 bridgehead atoms. The Balaban J connectivity index is 3.97. The first kappa shape index (κ1) is 11.9. The highest BCUT2D eigenvalue weighted by atomic mass is 16.3. The monoisotopic (exact) mass is 174 g/mol. The molecule has 12 heavy (non-hydrogen) atoms. The lowest BCUT2D eigenvalue weighted by atomic mass is 9.79. The smallest absolute Gasteiger partial charge is 0.0615 e. The average molecular weight is 174 g/mol. The maximum atomic E-state index is 9.72. The number of aliphatic hydroxyl groups excluding tert-OH is 2. The number of unbranched alkanes of at least 4 members (excludes halogenated alkanes) is 1. The molecule has 74 valence electrons. The van der Waals surface area contributed by atoms with Gasteiger partial charge in [0.2, 0.25) is 0 Å². The molecule has 0 aliphatic carbocycles. The summed E-state index contributed by atoms with van der Waals surface area (Å²) in [6, 6.07) is 0. The fraction of sp³-hybridized carbons (Fsp3) is 1.00. The van der Waals surface area contributed by atoms with Gasteiger partial charge in [-0.3, -0.25) is 0 Å². The van der Waals surface area contributed by atoms with Crippen LogP contribution in [0.15, 0.2) is 0 Å². The van der Waals surface area contributed by atoms with Crippen molar-refractivity contribution in [2.75, 3.05) is 0 Å². The topological polar surface area (TPSA) is 40.5 Å². The van der Waals surface area contributed by atoms with Crippen LogP contribution in [0.5, 0.6) is 0 Å². The van der Waals surface area contributed by atoms with Crippen LogP contribution < -0.4 is 0 Å². The summed E-state index contributed by atoms with van der Waals surface area (Å²) in [7, 11) is 0. The fourth-order valence-corrected chi connectivity index (χ4v) is 1.05. The van der Waals surface area contributed by atoms with Crippen molar-refractivity contribution in [3.8, 4) is 0 Å². The first-order valence-electron chi connectivity index (χ1n) is 4.79. The zero-order valence-electron chi connectivity index (χ0n) is 8.67. The van der Waals surface area contributed by atoms with Crippen LogP contribution in [-0.4, -0.2) is 22.4 Å². The quantitative estimate of drug-likeness (QED) is 0.668. The summed E-state index contributed by atoms with van der Waals surface area (Å²) in [4.78, 5) is 0. The van der Waals surface area contributed by atoms with E-state index in [-0.39, 0.29) is 5.41 Å². The second-order valence-electron chi connectivity index (χ2n) is 4.16. The van der Waals surface area contributed by atoms with E-state index >= 15 is 0 Å². The number of hydrogen-bond donors (Lipinski definition) is 2. The minimum atomic E-state index is -0.454. The van der Waals surface area contributed by atoms with Crippen LogP contribution in [0, 0.1) is 5.41 Å². The standard InChI is InChI=1S/C10H22O2/c1-5-6-7-9(12)10(3,4)8(2)11/h8-9,11-12H,5-7H2,1-4H3. The zero-order chi connectivity index (χ0) is 9.78. The Labute approximate surface area is 75.6 Å². The molecule has 0 aliphatic rings. The van der Waals surface area contributed by atoms with Crippen LogP contribution in [-0.2, 0) is 0 Å². The second-order valence-corrected chi connectivity index (χ2v) is 4.16. The molecule has 2 nitrogen and oxygen atoms in total. The number of rotatable bonds is 5. The molecule has 0 saturated carbocycles. The summed E-state index contributed by atoms with van der Waals surface area (Å²) < 4.78 is 0. The van der Waals surface area contributed by atoms with Gasteiger partial charge in [0, 0.05) is 5.41 Å². The van der Waals surface area contributed by atoms with Crippen molar-refractivity contribution < 1.29 is 10.2 Å². The molecule has 2 unspecified atom stereocenters. The Hall–Kier alpha value is -0.0800. The summed E-state index contributed by atoms with van der Waals surface area (Å²) in [6.45, 7) is 7.63. The molecule has 0 aromatic heterocycles. The largest absolute Gasteiger partial charge is 0.393 e. The van der Waals surface area contributed by atoms with E-state index in [0.717, 1.165) is 19.3 Å². The highest BCUT2D eigenvalue weighted by Gasteiger charge is 2.31. The van der Waals surface area contributed by atoms with Crippen LogP contribution in [0.2, 0.25) is 0 Å². The van der Waals surface area contributed by atoms with Gasteiger partial charge in [0.15, 0.2) is 0 Å². The Morgan fingerprint density at radius 1 is 1.25 bits per heavy atom. The van der Waals surface area contributed by atoms with Gasteiger partial charge in [-0.1, -0.05) is 33.6 Å². The van der Waals surface area contributed by atoms with Crippen LogP contribution in [0.25, 0.3) is 0 Å². The summed E-state index contributed by atoms with van der Waals surface area (Å²) in [5.74, 6) is 0. The molecule has 0 fully saturated rings. The van der Waals surface area contributed by atoms with E-state index in [0.29, 0.717) is 0 Å². The van der Waals surface area contributed by atoms with Crippen LogP contribution >= 0.6 is 0 Å². The maximum absolute atomic E-state index is 9.72. The summed E-state index contributed by atoms with van der Waals surface area (Å²) in [6.07, 6.45) is 2.06. The normalized spacial score (nSPS) is 17.5. The van der Waals surface area contributed by atoms with Crippen molar-refractivity contribution in [3.63, 3.8) is 0 Å². The van der Waals surface area contributed by atoms with E-state index in [2.05, 4.69) is 6.92 Å².